The molecule has 4 heteroatoms. The lowest BCUT2D eigenvalue weighted by Gasteiger charge is -2.06. The highest BCUT2D eigenvalue weighted by Crippen LogP contribution is 2.17. The first-order chi connectivity index (χ1) is 8.40. The molecule has 1 aromatic carbocycles. The second-order valence-electron chi connectivity index (χ2n) is 3.58. The number of aromatic nitrogens is 2. The van der Waals surface area contributed by atoms with Gasteiger partial charge < -0.3 is 4.57 Å². The van der Waals surface area contributed by atoms with Crippen LogP contribution in [0.5, 0.6) is 0 Å². The largest absolute Gasteiger partial charge is 0.322 e. The number of nitrogens with zero attached hydrogens (tertiary/aromatic N) is 3. The first kappa shape index (κ1) is 11.7. The van der Waals surface area contributed by atoms with Gasteiger partial charge in [-0.05, 0) is 5.56 Å². The van der Waals surface area contributed by atoms with Crippen LogP contribution in [-0.4, -0.2) is 15.3 Å². The van der Waals surface area contributed by atoms with Crippen molar-refractivity contribution < 1.29 is 0 Å². The highest BCUT2D eigenvalue weighted by Gasteiger charge is 2.03. The van der Waals surface area contributed by atoms with E-state index in [4.69, 9.17) is 5.26 Å². The Bertz CT molecular complexity index is 499. The molecule has 0 amide bonds. The minimum atomic E-state index is 0.558. The molecule has 0 aliphatic rings. The van der Waals surface area contributed by atoms with Crippen molar-refractivity contribution in [2.45, 2.75) is 18.1 Å². The zero-order valence-corrected chi connectivity index (χ0v) is 10.2. The molecule has 0 aliphatic carbocycles. The number of hydrogen-bond acceptors (Lipinski definition) is 3. The summed E-state index contributed by atoms with van der Waals surface area (Å²) in [6.45, 7) is 0.829. The Balaban J connectivity index is 2.02. The van der Waals surface area contributed by atoms with Crippen molar-refractivity contribution in [1.82, 2.24) is 9.55 Å². The maximum absolute atomic E-state index is 8.51. The fourth-order valence-electron chi connectivity index (χ4n) is 1.52. The number of nitriles is 1. The van der Waals surface area contributed by atoms with E-state index in [9.17, 15) is 0 Å². The van der Waals surface area contributed by atoms with Gasteiger partial charge >= 0.3 is 0 Å². The number of hydrogen-bond donors (Lipinski definition) is 0. The molecule has 86 valence electrons. The average Bonchev–Trinajstić information content (AvgIpc) is 2.79. The van der Waals surface area contributed by atoms with Crippen molar-refractivity contribution in [3.8, 4) is 6.07 Å². The molecular formula is C13H13N3S. The smallest absolute Gasteiger partial charge is 0.168 e. The molecule has 0 aliphatic heterocycles. The van der Waals surface area contributed by atoms with Crippen LogP contribution in [-0.2, 0) is 6.54 Å². The van der Waals surface area contributed by atoms with Gasteiger partial charge in [0.15, 0.2) is 5.16 Å². The molecule has 0 saturated carbocycles. The van der Waals surface area contributed by atoms with Gasteiger partial charge in [0, 0.05) is 31.1 Å². The van der Waals surface area contributed by atoms with Gasteiger partial charge in [-0.25, -0.2) is 4.98 Å². The molecule has 0 fully saturated rings. The zero-order chi connectivity index (χ0) is 11.9. The van der Waals surface area contributed by atoms with Crippen LogP contribution < -0.4 is 0 Å². The minimum Gasteiger partial charge on any atom is -0.322 e. The van der Waals surface area contributed by atoms with Crippen molar-refractivity contribution in [3.63, 3.8) is 0 Å². The van der Waals surface area contributed by atoms with Crippen LogP contribution in [0.2, 0.25) is 0 Å². The third kappa shape index (κ3) is 3.36. The monoisotopic (exact) mass is 243 g/mol. The maximum Gasteiger partial charge on any atom is 0.168 e. The average molecular weight is 243 g/mol. The zero-order valence-electron chi connectivity index (χ0n) is 9.41. The first-order valence-electron chi connectivity index (χ1n) is 5.45. The molecular weight excluding hydrogens is 230 g/mol. The van der Waals surface area contributed by atoms with Crippen molar-refractivity contribution in [2.24, 2.45) is 0 Å². The quantitative estimate of drug-likeness (QED) is 0.599. The molecule has 2 aromatic rings. The molecule has 0 unspecified atom stereocenters. The predicted molar refractivity (Wildman–Crippen MR) is 68.7 cm³/mol. The Labute approximate surface area is 105 Å². The van der Waals surface area contributed by atoms with E-state index in [1.165, 1.54) is 5.56 Å². The predicted octanol–water partition coefficient (Wildman–Crippen LogP) is 2.94. The van der Waals surface area contributed by atoms with Gasteiger partial charge in [-0.15, -0.1) is 0 Å². The summed E-state index contributed by atoms with van der Waals surface area (Å²) in [4.78, 5) is 4.30. The topological polar surface area (TPSA) is 41.6 Å². The summed E-state index contributed by atoms with van der Waals surface area (Å²) in [5.74, 6) is 0.794. The van der Waals surface area contributed by atoms with Crippen molar-refractivity contribution in [2.75, 3.05) is 5.75 Å². The van der Waals surface area contributed by atoms with Crippen LogP contribution in [0.3, 0.4) is 0 Å². The van der Waals surface area contributed by atoms with Crippen LogP contribution in [0, 0.1) is 11.3 Å². The summed E-state index contributed by atoms with van der Waals surface area (Å²) in [7, 11) is 0. The van der Waals surface area contributed by atoms with Crippen LogP contribution >= 0.6 is 11.8 Å². The van der Waals surface area contributed by atoms with E-state index < -0.39 is 0 Å². The molecule has 17 heavy (non-hydrogen) atoms. The summed E-state index contributed by atoms with van der Waals surface area (Å²) in [5, 5.41) is 9.48. The number of thioether (sulfide) groups is 1. The van der Waals surface area contributed by atoms with Crippen molar-refractivity contribution in [3.05, 3.63) is 48.3 Å². The standard InChI is InChI=1S/C13H13N3S/c14-7-4-10-17-13-15-8-9-16(13)11-12-5-2-1-3-6-12/h1-3,5-6,8-9H,4,10-11H2. The first-order valence-corrected chi connectivity index (χ1v) is 6.43. The van der Waals surface area contributed by atoms with Crippen LogP contribution in [0.4, 0.5) is 0 Å². The normalized spacial score (nSPS) is 10.1. The molecule has 2 rings (SSSR count). The van der Waals surface area contributed by atoms with Crippen LogP contribution in [0.15, 0.2) is 47.9 Å². The summed E-state index contributed by atoms with van der Waals surface area (Å²) in [6.07, 6.45) is 4.34. The molecule has 1 heterocycles. The Morgan fingerprint density at radius 1 is 1.29 bits per heavy atom. The molecule has 0 atom stereocenters. The third-order valence-corrected chi connectivity index (χ3v) is 3.32. The minimum absolute atomic E-state index is 0.558. The van der Waals surface area contributed by atoms with Crippen LogP contribution in [0.25, 0.3) is 0 Å². The number of imidazole rings is 1. The molecule has 1 aromatic heterocycles. The molecule has 0 N–H and O–H groups in total. The van der Waals surface area contributed by atoms with Gasteiger partial charge in [0.2, 0.25) is 0 Å². The van der Waals surface area contributed by atoms with Crippen molar-refractivity contribution >= 4 is 11.8 Å². The fourth-order valence-corrected chi connectivity index (χ4v) is 2.33. The van der Waals surface area contributed by atoms with Crippen LogP contribution in [0.1, 0.15) is 12.0 Å². The third-order valence-electron chi connectivity index (χ3n) is 2.32. The van der Waals surface area contributed by atoms with E-state index in [0.29, 0.717) is 6.42 Å². The summed E-state index contributed by atoms with van der Waals surface area (Å²) < 4.78 is 2.11. The van der Waals surface area contributed by atoms with E-state index in [2.05, 4.69) is 27.8 Å². The summed E-state index contributed by atoms with van der Waals surface area (Å²) in [6, 6.07) is 12.4. The molecule has 0 spiro atoms. The number of rotatable bonds is 5. The Morgan fingerprint density at radius 3 is 2.88 bits per heavy atom. The van der Waals surface area contributed by atoms with E-state index >= 15 is 0 Å². The number of benzene rings is 1. The summed E-state index contributed by atoms with van der Waals surface area (Å²) in [5.41, 5.74) is 1.26. The van der Waals surface area contributed by atoms with Gasteiger partial charge in [-0.1, -0.05) is 42.1 Å². The highest BCUT2D eigenvalue weighted by molar-refractivity contribution is 7.99. The lowest BCUT2D eigenvalue weighted by Crippen LogP contribution is -2.00. The van der Waals surface area contributed by atoms with Gasteiger partial charge in [0.25, 0.3) is 0 Å². The maximum atomic E-state index is 8.51. The Morgan fingerprint density at radius 2 is 2.12 bits per heavy atom. The van der Waals surface area contributed by atoms with Gasteiger partial charge in [0.05, 0.1) is 6.07 Å². The molecule has 0 bridgehead atoms. The second-order valence-corrected chi connectivity index (χ2v) is 4.64. The molecule has 3 nitrogen and oxygen atoms in total. The Kier molecular flexibility index (Phi) is 4.23. The molecule has 0 radical (unpaired) electrons. The summed E-state index contributed by atoms with van der Waals surface area (Å²) >= 11 is 1.63. The highest BCUT2D eigenvalue weighted by atomic mass is 32.2. The SMILES string of the molecule is N#CCCSc1nccn1Cc1ccccc1. The van der Waals surface area contributed by atoms with Crippen molar-refractivity contribution in [1.29, 1.82) is 5.26 Å². The van der Waals surface area contributed by atoms with E-state index in [0.717, 1.165) is 17.5 Å². The lowest BCUT2D eigenvalue weighted by atomic mass is 10.2. The van der Waals surface area contributed by atoms with E-state index in [-0.39, 0.29) is 0 Å². The second kappa shape index (κ2) is 6.12. The van der Waals surface area contributed by atoms with Gasteiger partial charge in [0.1, 0.15) is 0 Å². The molecule has 0 saturated heterocycles. The Hall–Kier alpha value is -1.73. The van der Waals surface area contributed by atoms with E-state index in [1.807, 2.05) is 24.4 Å². The van der Waals surface area contributed by atoms with Gasteiger partial charge in [-0.3, -0.25) is 0 Å². The lowest BCUT2D eigenvalue weighted by molar-refractivity contribution is 0.708. The van der Waals surface area contributed by atoms with E-state index in [1.54, 1.807) is 18.0 Å². The van der Waals surface area contributed by atoms with Gasteiger partial charge in [-0.2, -0.15) is 5.26 Å². The fraction of sp³-hybridized carbons (Fsp3) is 0.231.